The average molecular weight is 433 g/mol. The summed E-state index contributed by atoms with van der Waals surface area (Å²) in [4.78, 5) is 16.9. The molecule has 0 saturated heterocycles. The van der Waals surface area contributed by atoms with Gasteiger partial charge in [-0.15, -0.1) is 0 Å². The molecule has 166 valence electrons. The van der Waals surface area contributed by atoms with Crippen molar-refractivity contribution < 1.29 is 23.1 Å². The largest absolute Gasteiger partial charge is 0.374 e. The molecule has 1 unspecified atom stereocenters. The molecule has 8 heteroatoms. The SMILES string of the molecule is O=C(Nc1ccc(F)cn1)C1(c2ccc(C(O)NC3CCC(F)(F)CC3)cc2)CCC1. The molecule has 4 rings (SSSR count). The summed E-state index contributed by atoms with van der Waals surface area (Å²) in [7, 11) is 0. The molecule has 31 heavy (non-hydrogen) atoms. The van der Waals surface area contributed by atoms with Crippen LogP contribution in [0.4, 0.5) is 19.0 Å². The fourth-order valence-corrected chi connectivity index (χ4v) is 4.37. The highest BCUT2D eigenvalue weighted by atomic mass is 19.3. The number of aliphatic hydroxyl groups is 1. The van der Waals surface area contributed by atoms with Crippen molar-refractivity contribution in [1.29, 1.82) is 0 Å². The molecule has 3 N–H and O–H groups in total. The topological polar surface area (TPSA) is 74.2 Å². The molecule has 0 radical (unpaired) electrons. The van der Waals surface area contributed by atoms with Crippen LogP contribution in [0.25, 0.3) is 0 Å². The number of pyridine rings is 1. The standard InChI is InChI=1S/C23H26F3N3O2/c24-17-6-7-19(27-14-17)29-21(31)22(10-1-11-22)16-4-2-15(3-5-16)20(30)28-18-8-12-23(25,26)13-9-18/h2-7,14,18,20,28,30H,1,8-13H2,(H,27,29,31). The first-order valence-corrected chi connectivity index (χ1v) is 10.6. The van der Waals surface area contributed by atoms with Gasteiger partial charge >= 0.3 is 0 Å². The van der Waals surface area contributed by atoms with Gasteiger partial charge in [0, 0.05) is 18.9 Å². The maximum absolute atomic E-state index is 13.3. The Kier molecular flexibility index (Phi) is 6.03. The maximum atomic E-state index is 13.3. The number of rotatable bonds is 6. The lowest BCUT2D eigenvalue weighted by Gasteiger charge is -2.40. The number of hydrogen-bond donors (Lipinski definition) is 3. The summed E-state index contributed by atoms with van der Waals surface area (Å²) < 4.78 is 39.7. The lowest BCUT2D eigenvalue weighted by Crippen LogP contribution is -2.46. The van der Waals surface area contributed by atoms with Crippen molar-refractivity contribution in [3.05, 3.63) is 59.5 Å². The predicted molar refractivity (Wildman–Crippen MR) is 110 cm³/mol. The quantitative estimate of drug-likeness (QED) is 0.589. The first kappa shape index (κ1) is 21.8. The lowest BCUT2D eigenvalue weighted by molar-refractivity contribution is -0.124. The van der Waals surface area contributed by atoms with Gasteiger partial charge in [0.05, 0.1) is 11.6 Å². The van der Waals surface area contributed by atoms with Crippen LogP contribution in [0.3, 0.4) is 0 Å². The Morgan fingerprint density at radius 1 is 1.06 bits per heavy atom. The molecular weight excluding hydrogens is 407 g/mol. The van der Waals surface area contributed by atoms with Gasteiger partial charge in [-0.05, 0) is 48.9 Å². The third kappa shape index (κ3) is 4.75. The van der Waals surface area contributed by atoms with Crippen molar-refractivity contribution in [1.82, 2.24) is 10.3 Å². The van der Waals surface area contributed by atoms with Gasteiger partial charge in [0.2, 0.25) is 11.8 Å². The zero-order chi connectivity index (χ0) is 22.1. The molecule has 2 fully saturated rings. The van der Waals surface area contributed by atoms with E-state index in [0.717, 1.165) is 18.2 Å². The van der Waals surface area contributed by atoms with Crippen molar-refractivity contribution in [3.63, 3.8) is 0 Å². The van der Waals surface area contributed by atoms with Crippen LogP contribution < -0.4 is 10.6 Å². The minimum Gasteiger partial charge on any atom is -0.374 e. The molecule has 5 nitrogen and oxygen atoms in total. The molecule has 1 heterocycles. The van der Waals surface area contributed by atoms with E-state index in [1.165, 1.54) is 12.1 Å². The number of aliphatic hydroxyl groups excluding tert-OH is 1. The van der Waals surface area contributed by atoms with E-state index in [2.05, 4.69) is 15.6 Å². The number of amides is 1. The number of halogens is 3. The molecule has 0 aliphatic heterocycles. The molecule has 2 aliphatic rings. The molecule has 0 spiro atoms. The van der Waals surface area contributed by atoms with Crippen LogP contribution in [0.1, 0.15) is 62.3 Å². The van der Waals surface area contributed by atoms with Gasteiger partial charge in [-0.1, -0.05) is 30.7 Å². The summed E-state index contributed by atoms with van der Waals surface area (Å²) in [6, 6.07) is 9.68. The third-order valence-corrected chi connectivity index (χ3v) is 6.50. The second kappa shape index (κ2) is 8.59. The fourth-order valence-electron chi connectivity index (χ4n) is 4.37. The van der Waals surface area contributed by atoms with Gasteiger partial charge in [-0.3, -0.25) is 10.1 Å². The summed E-state index contributed by atoms with van der Waals surface area (Å²) >= 11 is 0. The summed E-state index contributed by atoms with van der Waals surface area (Å²) in [5.74, 6) is -2.97. The Morgan fingerprint density at radius 2 is 1.74 bits per heavy atom. The van der Waals surface area contributed by atoms with Gasteiger partial charge in [-0.2, -0.15) is 0 Å². The number of benzene rings is 1. The van der Waals surface area contributed by atoms with Gasteiger partial charge < -0.3 is 10.4 Å². The van der Waals surface area contributed by atoms with Crippen LogP contribution in [0.5, 0.6) is 0 Å². The first-order valence-electron chi connectivity index (χ1n) is 10.6. The maximum Gasteiger partial charge on any atom is 0.248 e. The second-order valence-corrected chi connectivity index (χ2v) is 8.57. The van der Waals surface area contributed by atoms with E-state index in [9.17, 15) is 23.1 Å². The summed E-state index contributed by atoms with van der Waals surface area (Å²) in [5, 5.41) is 16.3. The van der Waals surface area contributed by atoms with Crippen LogP contribution in [0, 0.1) is 5.82 Å². The van der Waals surface area contributed by atoms with Gasteiger partial charge in [0.15, 0.2) is 0 Å². The Balaban J connectivity index is 1.41. The normalized spacial score (nSPS) is 21.2. The van der Waals surface area contributed by atoms with E-state index in [1.54, 1.807) is 12.1 Å². The van der Waals surface area contributed by atoms with E-state index in [0.29, 0.717) is 37.1 Å². The zero-order valence-electron chi connectivity index (χ0n) is 17.1. The second-order valence-electron chi connectivity index (χ2n) is 8.57. The van der Waals surface area contributed by atoms with Crippen molar-refractivity contribution in [2.24, 2.45) is 0 Å². The summed E-state index contributed by atoms with van der Waals surface area (Å²) in [6.45, 7) is 0. The van der Waals surface area contributed by atoms with Crippen LogP contribution in [0.15, 0.2) is 42.6 Å². The molecule has 1 aromatic carbocycles. The van der Waals surface area contributed by atoms with E-state index in [4.69, 9.17) is 0 Å². The van der Waals surface area contributed by atoms with Crippen LogP contribution in [-0.4, -0.2) is 28.0 Å². The number of alkyl halides is 2. The van der Waals surface area contributed by atoms with Crippen LogP contribution >= 0.6 is 0 Å². The monoisotopic (exact) mass is 433 g/mol. The summed E-state index contributed by atoms with van der Waals surface area (Å²) in [6.07, 6.45) is 2.70. The van der Waals surface area contributed by atoms with Gasteiger partial charge in [0.25, 0.3) is 0 Å². The molecule has 2 aliphatic carbocycles. The van der Waals surface area contributed by atoms with Gasteiger partial charge in [-0.25, -0.2) is 18.2 Å². The smallest absolute Gasteiger partial charge is 0.248 e. The predicted octanol–water partition coefficient (Wildman–Crippen LogP) is 4.44. The molecule has 1 amide bonds. The number of aromatic nitrogens is 1. The van der Waals surface area contributed by atoms with Gasteiger partial charge in [0.1, 0.15) is 17.9 Å². The molecule has 2 aromatic rings. The third-order valence-electron chi connectivity index (χ3n) is 6.50. The zero-order valence-corrected chi connectivity index (χ0v) is 17.1. The number of nitrogens with one attached hydrogen (secondary N) is 2. The highest BCUT2D eigenvalue weighted by Gasteiger charge is 2.45. The number of nitrogens with zero attached hydrogens (tertiary/aromatic N) is 1. The highest BCUT2D eigenvalue weighted by molar-refractivity contribution is 5.99. The number of anilines is 1. The van der Waals surface area contributed by atoms with E-state index >= 15 is 0 Å². The number of hydrogen-bond acceptors (Lipinski definition) is 4. The number of carbonyl (C=O) groups excluding carboxylic acids is 1. The van der Waals surface area contributed by atoms with E-state index in [1.807, 2.05) is 12.1 Å². The van der Waals surface area contributed by atoms with E-state index < -0.39 is 23.4 Å². The minimum absolute atomic E-state index is 0.152. The Morgan fingerprint density at radius 3 is 2.29 bits per heavy atom. The van der Waals surface area contributed by atoms with Crippen LogP contribution in [-0.2, 0) is 10.2 Å². The Hall–Kier alpha value is -2.45. The Labute approximate surface area is 179 Å². The Bertz CT molecular complexity index is 905. The first-order chi connectivity index (χ1) is 14.8. The molecule has 2 saturated carbocycles. The molecule has 0 bridgehead atoms. The molecular formula is C23H26F3N3O2. The lowest BCUT2D eigenvalue weighted by atomic mass is 9.63. The van der Waals surface area contributed by atoms with Crippen molar-refractivity contribution in [2.75, 3.05) is 5.32 Å². The molecule has 1 atom stereocenters. The van der Waals surface area contributed by atoms with Crippen molar-refractivity contribution >= 4 is 11.7 Å². The highest BCUT2D eigenvalue weighted by Crippen LogP contribution is 2.44. The van der Waals surface area contributed by atoms with Crippen molar-refractivity contribution in [3.8, 4) is 0 Å². The van der Waals surface area contributed by atoms with Crippen LogP contribution in [0.2, 0.25) is 0 Å². The molecule has 1 aromatic heterocycles. The average Bonchev–Trinajstić information content (AvgIpc) is 2.71. The van der Waals surface area contributed by atoms with Crippen molar-refractivity contribution in [2.45, 2.75) is 68.6 Å². The number of carbonyl (C=O) groups is 1. The summed E-state index contributed by atoms with van der Waals surface area (Å²) in [5.41, 5.74) is 0.782. The fraction of sp³-hybridized carbons (Fsp3) is 0.478. The minimum atomic E-state index is -2.61. The van der Waals surface area contributed by atoms with E-state index in [-0.39, 0.29) is 24.8 Å².